The van der Waals surface area contributed by atoms with Crippen LogP contribution in [-0.4, -0.2) is 85.7 Å². The third kappa shape index (κ3) is 8.05. The predicted molar refractivity (Wildman–Crippen MR) is 142 cm³/mol. The van der Waals surface area contributed by atoms with Crippen molar-refractivity contribution in [2.24, 2.45) is 4.99 Å². The summed E-state index contributed by atoms with van der Waals surface area (Å²) in [5.74, 6) is 1.95. The number of nitrogens with zero attached hydrogens (tertiary/aromatic N) is 5. The lowest BCUT2D eigenvalue weighted by Gasteiger charge is -2.41. The first-order chi connectivity index (χ1) is 14.5. The van der Waals surface area contributed by atoms with E-state index in [0.29, 0.717) is 6.54 Å². The quantitative estimate of drug-likeness (QED) is 0.314. The van der Waals surface area contributed by atoms with Crippen molar-refractivity contribution < 1.29 is 0 Å². The molecule has 2 saturated heterocycles. The van der Waals surface area contributed by atoms with E-state index in [1.54, 1.807) is 0 Å². The number of nitrogens with one attached hydrogen (secondary N) is 2. The average molecular weight is 544 g/mol. The van der Waals surface area contributed by atoms with E-state index in [0.717, 1.165) is 56.6 Å². The molecule has 2 aliphatic rings. The van der Waals surface area contributed by atoms with Crippen LogP contribution in [-0.2, 0) is 6.54 Å². The van der Waals surface area contributed by atoms with Crippen molar-refractivity contribution in [3.63, 3.8) is 0 Å². The van der Waals surface area contributed by atoms with E-state index in [4.69, 9.17) is 4.99 Å². The number of rotatable bonds is 7. The predicted octanol–water partition coefficient (Wildman–Crippen LogP) is 2.77. The fourth-order valence-corrected chi connectivity index (χ4v) is 4.16. The van der Waals surface area contributed by atoms with Crippen molar-refractivity contribution in [2.45, 2.75) is 52.1 Å². The second-order valence-electron chi connectivity index (χ2n) is 9.22. The van der Waals surface area contributed by atoms with E-state index in [1.165, 1.54) is 32.4 Å². The summed E-state index contributed by atoms with van der Waals surface area (Å²) in [5.41, 5.74) is 1.27. The number of pyridine rings is 1. The molecule has 0 saturated carbocycles. The maximum Gasteiger partial charge on any atom is 0.191 e. The minimum Gasteiger partial charge on any atom is -0.357 e. The highest BCUT2D eigenvalue weighted by atomic mass is 127. The van der Waals surface area contributed by atoms with Crippen molar-refractivity contribution in [3.05, 3.63) is 23.9 Å². The van der Waals surface area contributed by atoms with Gasteiger partial charge in [-0.05, 0) is 65.4 Å². The first-order valence-corrected chi connectivity index (χ1v) is 11.6. The molecule has 2 aliphatic heterocycles. The molecule has 7 nitrogen and oxygen atoms in total. The van der Waals surface area contributed by atoms with Crippen molar-refractivity contribution in [2.75, 3.05) is 64.3 Å². The zero-order valence-electron chi connectivity index (χ0n) is 19.9. The fraction of sp³-hybridized carbons (Fsp3) is 0.739. The number of hydrogen-bond acceptors (Lipinski definition) is 5. The third-order valence-corrected chi connectivity index (χ3v) is 6.30. The molecule has 31 heavy (non-hydrogen) atoms. The summed E-state index contributed by atoms with van der Waals surface area (Å²) in [5, 5.41) is 6.94. The van der Waals surface area contributed by atoms with Gasteiger partial charge in [0.05, 0.1) is 6.54 Å². The maximum absolute atomic E-state index is 4.80. The molecule has 2 fully saturated rings. The number of aliphatic imine (C=N–C) groups is 1. The molecular weight excluding hydrogens is 501 g/mol. The van der Waals surface area contributed by atoms with Gasteiger partial charge in [-0.3, -0.25) is 4.90 Å². The number of hydrogen-bond donors (Lipinski definition) is 2. The Morgan fingerprint density at radius 3 is 2.35 bits per heavy atom. The number of piperazine rings is 1. The van der Waals surface area contributed by atoms with Gasteiger partial charge in [-0.15, -0.1) is 24.0 Å². The van der Waals surface area contributed by atoms with Crippen LogP contribution in [0.4, 0.5) is 5.82 Å². The third-order valence-electron chi connectivity index (χ3n) is 6.30. The second-order valence-corrected chi connectivity index (χ2v) is 9.22. The molecule has 176 valence electrons. The number of piperidine rings is 1. The first kappa shape index (κ1) is 26.1. The van der Waals surface area contributed by atoms with Gasteiger partial charge in [0.1, 0.15) is 5.82 Å². The molecule has 0 amide bonds. The van der Waals surface area contributed by atoms with Gasteiger partial charge in [0.2, 0.25) is 0 Å². The lowest BCUT2D eigenvalue weighted by atomic mass is 9.98. The number of likely N-dealkylation sites (tertiary alicyclic amines) is 1. The van der Waals surface area contributed by atoms with Crippen LogP contribution in [0.25, 0.3) is 0 Å². The van der Waals surface area contributed by atoms with Crippen LogP contribution in [0.15, 0.2) is 23.3 Å². The summed E-state index contributed by atoms with van der Waals surface area (Å²) in [6.07, 6.45) is 5.97. The highest BCUT2D eigenvalue weighted by Gasteiger charge is 2.27. The summed E-state index contributed by atoms with van der Waals surface area (Å²) >= 11 is 0. The van der Waals surface area contributed by atoms with E-state index in [1.807, 2.05) is 6.20 Å². The fourth-order valence-electron chi connectivity index (χ4n) is 4.16. The zero-order valence-corrected chi connectivity index (χ0v) is 22.2. The molecule has 0 bridgehead atoms. The molecule has 3 rings (SSSR count). The van der Waals surface area contributed by atoms with E-state index in [-0.39, 0.29) is 29.5 Å². The minimum absolute atomic E-state index is 0. The van der Waals surface area contributed by atoms with Gasteiger partial charge < -0.3 is 20.4 Å². The second kappa shape index (κ2) is 12.8. The maximum atomic E-state index is 4.80. The summed E-state index contributed by atoms with van der Waals surface area (Å²) in [6, 6.07) is 4.29. The smallest absolute Gasteiger partial charge is 0.191 e. The van der Waals surface area contributed by atoms with Crippen molar-refractivity contribution in [1.82, 2.24) is 25.4 Å². The van der Waals surface area contributed by atoms with Gasteiger partial charge in [-0.2, -0.15) is 0 Å². The standard InChI is InChI=1S/C23H41N7.HI/c1-5-24-22(27-19-23(2,3)30-11-7-6-8-12-30)26-18-20-9-10-21(25-17-20)29-15-13-28(4)14-16-29;/h9-10,17H,5-8,11-16,18-19H2,1-4H3,(H2,24,26,27);1H. The highest BCUT2D eigenvalue weighted by Crippen LogP contribution is 2.20. The number of halogens is 1. The van der Waals surface area contributed by atoms with Gasteiger partial charge in [-0.25, -0.2) is 9.98 Å². The molecular formula is C23H42IN7. The summed E-state index contributed by atoms with van der Waals surface area (Å²) in [7, 11) is 2.18. The number of anilines is 1. The minimum atomic E-state index is 0. The van der Waals surface area contributed by atoms with Crippen LogP contribution >= 0.6 is 24.0 Å². The Bertz CT molecular complexity index is 663. The SMILES string of the molecule is CCNC(=NCc1ccc(N2CCN(C)CC2)nc1)NCC(C)(C)N1CCCCC1.I. The molecule has 0 aliphatic carbocycles. The lowest BCUT2D eigenvalue weighted by Crippen LogP contribution is -2.54. The molecule has 3 heterocycles. The van der Waals surface area contributed by atoms with Crippen molar-refractivity contribution in [3.8, 4) is 0 Å². The molecule has 1 aromatic heterocycles. The van der Waals surface area contributed by atoms with Crippen molar-refractivity contribution in [1.29, 1.82) is 0 Å². The van der Waals surface area contributed by atoms with Crippen molar-refractivity contribution >= 4 is 35.8 Å². The number of aromatic nitrogens is 1. The van der Waals surface area contributed by atoms with E-state index in [9.17, 15) is 0 Å². The summed E-state index contributed by atoms with van der Waals surface area (Å²) < 4.78 is 0. The van der Waals surface area contributed by atoms with Crippen LogP contribution in [0.3, 0.4) is 0 Å². The first-order valence-electron chi connectivity index (χ1n) is 11.6. The molecule has 0 aromatic carbocycles. The largest absolute Gasteiger partial charge is 0.357 e. The van der Waals surface area contributed by atoms with Crippen LogP contribution in [0.2, 0.25) is 0 Å². The van der Waals surface area contributed by atoms with Gasteiger partial charge >= 0.3 is 0 Å². The highest BCUT2D eigenvalue weighted by molar-refractivity contribution is 14.0. The average Bonchev–Trinajstić information content (AvgIpc) is 2.77. The van der Waals surface area contributed by atoms with Gasteiger partial charge in [-0.1, -0.05) is 12.5 Å². The monoisotopic (exact) mass is 543 g/mol. The molecule has 1 aromatic rings. The van der Waals surface area contributed by atoms with E-state index in [2.05, 4.69) is 70.3 Å². The summed E-state index contributed by atoms with van der Waals surface area (Å²) in [4.78, 5) is 16.8. The molecule has 0 atom stereocenters. The topological polar surface area (TPSA) is 59.0 Å². The Morgan fingerprint density at radius 2 is 1.74 bits per heavy atom. The van der Waals surface area contributed by atoms with E-state index >= 15 is 0 Å². The molecule has 0 spiro atoms. The van der Waals surface area contributed by atoms with Crippen LogP contribution in [0.1, 0.15) is 45.6 Å². The number of likely N-dealkylation sites (N-methyl/N-ethyl adjacent to an activating group) is 1. The zero-order chi connectivity index (χ0) is 21.4. The Kier molecular flexibility index (Phi) is 10.8. The van der Waals surface area contributed by atoms with Gasteiger partial charge in [0, 0.05) is 51.0 Å². The van der Waals surface area contributed by atoms with Crippen LogP contribution < -0.4 is 15.5 Å². The molecule has 0 radical (unpaired) electrons. The molecule has 8 heteroatoms. The lowest BCUT2D eigenvalue weighted by molar-refractivity contribution is 0.0982. The van der Waals surface area contributed by atoms with Gasteiger partial charge in [0.25, 0.3) is 0 Å². The Labute approximate surface area is 206 Å². The summed E-state index contributed by atoms with van der Waals surface area (Å²) in [6.45, 7) is 15.8. The molecule has 0 unspecified atom stereocenters. The molecule has 2 N–H and O–H groups in total. The Balaban J connectivity index is 0.00000341. The Hall–Kier alpha value is -1.13. The van der Waals surface area contributed by atoms with Crippen LogP contribution in [0.5, 0.6) is 0 Å². The normalized spacial score (nSPS) is 19.1. The van der Waals surface area contributed by atoms with Crippen LogP contribution in [0, 0.1) is 0 Å². The Morgan fingerprint density at radius 1 is 1.03 bits per heavy atom. The van der Waals surface area contributed by atoms with Gasteiger partial charge in [0.15, 0.2) is 5.96 Å². The van der Waals surface area contributed by atoms with E-state index < -0.39 is 0 Å². The number of guanidine groups is 1.